The van der Waals surface area contributed by atoms with Crippen LogP contribution in [-0.2, 0) is 14.8 Å². The summed E-state index contributed by atoms with van der Waals surface area (Å²) in [5, 5.41) is 2.79. The van der Waals surface area contributed by atoms with Gasteiger partial charge in [-0.1, -0.05) is 0 Å². The third-order valence-corrected chi connectivity index (χ3v) is 3.26. The van der Waals surface area contributed by atoms with Crippen molar-refractivity contribution in [3.05, 3.63) is 0 Å². The second-order valence-electron chi connectivity index (χ2n) is 3.73. The van der Waals surface area contributed by atoms with Crippen LogP contribution < -0.4 is 10.0 Å². The van der Waals surface area contributed by atoms with Crippen molar-refractivity contribution in [2.24, 2.45) is 0 Å². The quantitative estimate of drug-likeness (QED) is 0.474. The molecular formula is C9H23N3O3S. The van der Waals surface area contributed by atoms with Crippen LogP contribution in [0.3, 0.4) is 0 Å². The zero-order chi connectivity index (χ0) is 12.4. The third-order valence-electron chi connectivity index (χ3n) is 1.87. The molecule has 98 valence electrons. The Kier molecular flexibility index (Phi) is 8.77. The molecule has 0 aromatic carbocycles. The zero-order valence-corrected chi connectivity index (χ0v) is 11.1. The van der Waals surface area contributed by atoms with E-state index in [9.17, 15) is 8.42 Å². The van der Waals surface area contributed by atoms with Crippen molar-refractivity contribution in [2.45, 2.75) is 0 Å². The minimum atomic E-state index is -3.15. The first-order chi connectivity index (χ1) is 7.48. The summed E-state index contributed by atoms with van der Waals surface area (Å²) in [7, 11) is 2.50. The topological polar surface area (TPSA) is 70.7 Å². The molecule has 6 nitrogen and oxygen atoms in total. The second-order valence-corrected chi connectivity index (χ2v) is 5.66. The standard InChI is InChI=1S/C9H23N3O3S/c1-10-5-9-16(13,14)11-4-7-15-8-6-12(2)3/h10-11H,4-9H2,1-3H3. The first-order valence-electron chi connectivity index (χ1n) is 5.32. The molecule has 0 unspecified atom stereocenters. The van der Waals surface area contributed by atoms with E-state index in [4.69, 9.17) is 4.74 Å². The van der Waals surface area contributed by atoms with E-state index in [1.54, 1.807) is 7.05 Å². The number of sulfonamides is 1. The minimum Gasteiger partial charge on any atom is -0.379 e. The highest BCUT2D eigenvalue weighted by molar-refractivity contribution is 7.89. The van der Waals surface area contributed by atoms with E-state index in [0.717, 1.165) is 6.54 Å². The average Bonchev–Trinajstić information content (AvgIpc) is 2.20. The highest BCUT2D eigenvalue weighted by atomic mass is 32.2. The molecule has 0 atom stereocenters. The van der Waals surface area contributed by atoms with Crippen LogP contribution in [0.4, 0.5) is 0 Å². The summed E-state index contributed by atoms with van der Waals surface area (Å²) in [6.45, 7) is 2.65. The summed E-state index contributed by atoms with van der Waals surface area (Å²) >= 11 is 0. The van der Waals surface area contributed by atoms with Crippen molar-refractivity contribution in [3.8, 4) is 0 Å². The van der Waals surface area contributed by atoms with Crippen LogP contribution in [0, 0.1) is 0 Å². The van der Waals surface area contributed by atoms with Gasteiger partial charge in [0, 0.05) is 19.6 Å². The van der Waals surface area contributed by atoms with E-state index < -0.39 is 10.0 Å². The average molecular weight is 253 g/mol. The van der Waals surface area contributed by atoms with Gasteiger partial charge >= 0.3 is 0 Å². The molecule has 0 aliphatic heterocycles. The van der Waals surface area contributed by atoms with Crippen LogP contribution in [0.15, 0.2) is 0 Å². The largest absolute Gasteiger partial charge is 0.379 e. The van der Waals surface area contributed by atoms with Gasteiger partial charge in [0.25, 0.3) is 0 Å². The summed E-state index contributed by atoms with van der Waals surface area (Å²) in [4.78, 5) is 2.01. The predicted octanol–water partition coefficient (Wildman–Crippen LogP) is -1.30. The number of ether oxygens (including phenoxy) is 1. The lowest BCUT2D eigenvalue weighted by Crippen LogP contribution is -2.33. The van der Waals surface area contributed by atoms with E-state index in [2.05, 4.69) is 10.0 Å². The highest BCUT2D eigenvalue weighted by Gasteiger charge is 2.07. The molecule has 16 heavy (non-hydrogen) atoms. The molecule has 0 heterocycles. The van der Waals surface area contributed by atoms with Gasteiger partial charge in [-0.05, 0) is 21.1 Å². The summed E-state index contributed by atoms with van der Waals surface area (Å²) < 4.78 is 30.4. The minimum absolute atomic E-state index is 0.0984. The molecule has 0 radical (unpaired) electrons. The second kappa shape index (κ2) is 8.89. The van der Waals surface area contributed by atoms with Crippen LogP contribution >= 0.6 is 0 Å². The number of hydrogen-bond donors (Lipinski definition) is 2. The van der Waals surface area contributed by atoms with Crippen LogP contribution in [0.25, 0.3) is 0 Å². The van der Waals surface area contributed by atoms with E-state index in [0.29, 0.717) is 26.3 Å². The Hall–Kier alpha value is -0.210. The molecule has 0 bridgehead atoms. The first-order valence-corrected chi connectivity index (χ1v) is 6.97. The van der Waals surface area contributed by atoms with Gasteiger partial charge in [-0.25, -0.2) is 13.1 Å². The van der Waals surface area contributed by atoms with E-state index in [1.165, 1.54) is 0 Å². The Morgan fingerprint density at radius 1 is 1.19 bits per heavy atom. The van der Waals surface area contributed by atoms with Crippen LogP contribution in [0.1, 0.15) is 0 Å². The number of likely N-dealkylation sites (N-methyl/N-ethyl adjacent to an activating group) is 1. The predicted molar refractivity (Wildman–Crippen MR) is 65.1 cm³/mol. The van der Waals surface area contributed by atoms with Crippen LogP contribution in [0.2, 0.25) is 0 Å². The molecule has 0 spiro atoms. The molecule has 7 heteroatoms. The molecule has 0 saturated carbocycles. The van der Waals surface area contributed by atoms with Crippen molar-refractivity contribution < 1.29 is 13.2 Å². The van der Waals surface area contributed by atoms with E-state index >= 15 is 0 Å². The fraction of sp³-hybridized carbons (Fsp3) is 1.00. The lowest BCUT2D eigenvalue weighted by Gasteiger charge is -2.10. The number of nitrogens with zero attached hydrogens (tertiary/aromatic N) is 1. The Morgan fingerprint density at radius 3 is 2.44 bits per heavy atom. The summed E-state index contributed by atoms with van der Waals surface area (Å²) in [6, 6.07) is 0. The van der Waals surface area contributed by atoms with E-state index in [-0.39, 0.29) is 5.75 Å². The zero-order valence-electron chi connectivity index (χ0n) is 10.3. The fourth-order valence-electron chi connectivity index (χ4n) is 0.927. The summed E-state index contributed by atoms with van der Waals surface area (Å²) in [5.41, 5.74) is 0. The van der Waals surface area contributed by atoms with Gasteiger partial charge in [0.2, 0.25) is 10.0 Å². The van der Waals surface area contributed by atoms with Gasteiger partial charge in [0.15, 0.2) is 0 Å². The molecule has 0 saturated heterocycles. The molecule has 0 aromatic rings. The Bertz CT molecular complexity index is 255. The number of nitrogens with one attached hydrogen (secondary N) is 2. The fourth-order valence-corrected chi connectivity index (χ4v) is 1.94. The van der Waals surface area contributed by atoms with Crippen molar-refractivity contribution >= 4 is 10.0 Å². The Morgan fingerprint density at radius 2 is 1.88 bits per heavy atom. The lowest BCUT2D eigenvalue weighted by atomic mass is 10.6. The Labute approximate surface area is 98.4 Å². The van der Waals surface area contributed by atoms with E-state index in [1.807, 2.05) is 19.0 Å². The monoisotopic (exact) mass is 253 g/mol. The summed E-state index contributed by atoms with van der Waals surface area (Å²) in [6.07, 6.45) is 0. The van der Waals surface area contributed by atoms with Crippen molar-refractivity contribution in [1.82, 2.24) is 14.9 Å². The van der Waals surface area contributed by atoms with Gasteiger partial charge in [-0.3, -0.25) is 0 Å². The third kappa shape index (κ3) is 10.3. The molecule has 0 fully saturated rings. The molecule has 0 aliphatic rings. The van der Waals surface area contributed by atoms with Gasteiger partial charge in [0.05, 0.1) is 19.0 Å². The maximum Gasteiger partial charge on any atom is 0.212 e. The first kappa shape index (κ1) is 15.8. The maximum atomic E-state index is 11.3. The molecular weight excluding hydrogens is 230 g/mol. The molecule has 0 amide bonds. The van der Waals surface area contributed by atoms with Gasteiger partial charge in [-0.2, -0.15) is 0 Å². The van der Waals surface area contributed by atoms with Gasteiger partial charge in [-0.15, -0.1) is 0 Å². The number of rotatable bonds is 10. The van der Waals surface area contributed by atoms with Crippen molar-refractivity contribution in [2.75, 3.05) is 59.7 Å². The normalized spacial score (nSPS) is 12.2. The molecule has 0 rings (SSSR count). The van der Waals surface area contributed by atoms with Crippen molar-refractivity contribution in [1.29, 1.82) is 0 Å². The smallest absolute Gasteiger partial charge is 0.212 e. The molecule has 2 N–H and O–H groups in total. The van der Waals surface area contributed by atoms with Crippen LogP contribution in [0.5, 0.6) is 0 Å². The summed E-state index contributed by atoms with van der Waals surface area (Å²) in [5.74, 6) is 0.0984. The highest BCUT2D eigenvalue weighted by Crippen LogP contribution is 1.83. The molecule has 0 aliphatic carbocycles. The maximum absolute atomic E-state index is 11.3. The lowest BCUT2D eigenvalue weighted by molar-refractivity contribution is 0.122. The van der Waals surface area contributed by atoms with Crippen molar-refractivity contribution in [3.63, 3.8) is 0 Å². The van der Waals surface area contributed by atoms with Gasteiger partial charge < -0.3 is 15.0 Å². The van der Waals surface area contributed by atoms with Crippen LogP contribution in [-0.4, -0.2) is 73.1 Å². The van der Waals surface area contributed by atoms with Gasteiger partial charge in [0.1, 0.15) is 0 Å². The molecule has 0 aromatic heterocycles. The Balaban J connectivity index is 3.43. The SMILES string of the molecule is CNCCS(=O)(=O)NCCOCCN(C)C. The number of hydrogen-bond acceptors (Lipinski definition) is 5.